The number of aliphatic imine (C=N–C) groups is 1. The number of hydrogen-bond donors (Lipinski definition) is 3. The van der Waals surface area contributed by atoms with E-state index in [1.54, 1.807) is 0 Å². The summed E-state index contributed by atoms with van der Waals surface area (Å²) in [5.41, 5.74) is 21.8. The second-order valence-corrected chi connectivity index (χ2v) is 12.4. The molecule has 6 nitrogen and oxygen atoms in total. The van der Waals surface area contributed by atoms with Crippen molar-refractivity contribution >= 4 is 11.9 Å². The van der Waals surface area contributed by atoms with Gasteiger partial charge >= 0.3 is 5.97 Å². The zero-order valence-electron chi connectivity index (χ0n) is 21.7. The van der Waals surface area contributed by atoms with E-state index in [1.165, 1.54) is 48.8 Å². The van der Waals surface area contributed by atoms with Gasteiger partial charge in [0.15, 0.2) is 5.96 Å². The van der Waals surface area contributed by atoms with E-state index in [2.05, 4.69) is 45.7 Å². The Bertz CT molecular complexity index is 983. The van der Waals surface area contributed by atoms with Crippen LogP contribution in [-0.2, 0) is 16.6 Å². The van der Waals surface area contributed by atoms with Crippen molar-refractivity contribution in [3.8, 4) is 5.75 Å². The minimum absolute atomic E-state index is 0.0518. The average Bonchev–Trinajstić information content (AvgIpc) is 3.04. The Morgan fingerprint density at radius 2 is 1.88 bits per heavy atom. The van der Waals surface area contributed by atoms with Crippen LogP contribution in [0.3, 0.4) is 0 Å². The number of benzene rings is 1. The SMILES string of the molecule is Cc1cc(OC(=O)C(N)CCCN=C(N)N)cc2c1C1(C)CC[C@H]3C(C)(C)CCCC3(C)C1C2. The number of fused-ring (bicyclic) bond motifs is 5. The Labute approximate surface area is 205 Å². The number of nitrogens with two attached hydrogens (primary N) is 3. The molecule has 3 aliphatic rings. The maximum absolute atomic E-state index is 12.6. The molecule has 0 spiro atoms. The lowest BCUT2D eigenvalue weighted by atomic mass is 9.43. The first-order chi connectivity index (χ1) is 15.9. The first kappa shape index (κ1) is 25.0. The van der Waals surface area contributed by atoms with E-state index in [1.807, 2.05) is 6.07 Å². The molecule has 2 saturated carbocycles. The van der Waals surface area contributed by atoms with E-state index in [-0.39, 0.29) is 11.4 Å². The Hall–Kier alpha value is -2.08. The molecule has 0 heterocycles. The van der Waals surface area contributed by atoms with E-state index in [0.717, 1.165) is 12.3 Å². The zero-order chi connectivity index (χ0) is 24.9. The van der Waals surface area contributed by atoms with E-state index in [4.69, 9.17) is 21.9 Å². The van der Waals surface area contributed by atoms with Crippen molar-refractivity contribution in [2.75, 3.05) is 6.54 Å². The second-order valence-electron chi connectivity index (χ2n) is 12.4. The fourth-order valence-corrected chi connectivity index (χ4v) is 8.32. The Morgan fingerprint density at radius 1 is 1.15 bits per heavy atom. The van der Waals surface area contributed by atoms with Gasteiger partial charge in [-0.15, -0.1) is 0 Å². The molecule has 6 N–H and O–H groups in total. The van der Waals surface area contributed by atoms with Crippen LogP contribution in [0.25, 0.3) is 0 Å². The molecular weight excluding hydrogens is 424 g/mol. The first-order valence-corrected chi connectivity index (χ1v) is 13.0. The van der Waals surface area contributed by atoms with Gasteiger partial charge in [-0.1, -0.05) is 34.1 Å². The van der Waals surface area contributed by atoms with Crippen molar-refractivity contribution in [1.82, 2.24) is 0 Å². The Morgan fingerprint density at radius 3 is 2.59 bits per heavy atom. The molecule has 0 aromatic heterocycles. The maximum atomic E-state index is 12.6. The largest absolute Gasteiger partial charge is 0.425 e. The molecule has 4 unspecified atom stereocenters. The Balaban J connectivity index is 1.53. The number of ether oxygens (including phenoxy) is 1. The molecule has 1 aromatic carbocycles. The lowest BCUT2D eigenvalue weighted by Gasteiger charge is -2.61. The van der Waals surface area contributed by atoms with Gasteiger partial charge in [0.25, 0.3) is 0 Å². The third-order valence-electron chi connectivity index (χ3n) is 9.67. The maximum Gasteiger partial charge on any atom is 0.328 e. The summed E-state index contributed by atoms with van der Waals surface area (Å²) in [6.45, 7) is 12.7. The number of hydrogen-bond acceptors (Lipinski definition) is 4. The van der Waals surface area contributed by atoms with Crippen LogP contribution in [0.1, 0.15) is 89.3 Å². The van der Waals surface area contributed by atoms with Gasteiger partial charge in [-0.2, -0.15) is 0 Å². The minimum Gasteiger partial charge on any atom is -0.425 e. The number of rotatable bonds is 6. The predicted octanol–water partition coefficient (Wildman–Crippen LogP) is 4.34. The van der Waals surface area contributed by atoms with Crippen molar-refractivity contribution in [2.45, 2.75) is 97.4 Å². The summed E-state index contributed by atoms with van der Waals surface area (Å²) in [4.78, 5) is 16.6. The highest BCUT2D eigenvalue weighted by atomic mass is 16.5. The normalized spacial score (nSPS) is 32.2. The highest BCUT2D eigenvalue weighted by Crippen LogP contribution is 2.67. The molecule has 3 aliphatic carbocycles. The Kier molecular flexibility index (Phi) is 6.52. The molecule has 2 fully saturated rings. The van der Waals surface area contributed by atoms with Crippen LogP contribution < -0.4 is 21.9 Å². The van der Waals surface area contributed by atoms with Crippen LogP contribution in [0.2, 0.25) is 0 Å². The number of carbonyl (C=O) groups is 1. The van der Waals surface area contributed by atoms with Crippen molar-refractivity contribution in [3.63, 3.8) is 0 Å². The number of aryl methyl sites for hydroxylation is 1. The van der Waals surface area contributed by atoms with Crippen LogP contribution in [0, 0.1) is 29.6 Å². The van der Waals surface area contributed by atoms with Gasteiger partial charge in [0.1, 0.15) is 11.8 Å². The lowest BCUT2D eigenvalue weighted by Crippen LogP contribution is -2.55. The van der Waals surface area contributed by atoms with Crippen molar-refractivity contribution in [1.29, 1.82) is 0 Å². The molecule has 1 aromatic rings. The lowest BCUT2D eigenvalue weighted by molar-refractivity contribution is -0.136. The van der Waals surface area contributed by atoms with E-state index < -0.39 is 12.0 Å². The van der Waals surface area contributed by atoms with Gasteiger partial charge in [-0.05, 0) is 109 Å². The summed E-state index contributed by atoms with van der Waals surface area (Å²) in [6.07, 6.45) is 8.73. The van der Waals surface area contributed by atoms with Crippen molar-refractivity contribution in [3.05, 3.63) is 28.8 Å². The van der Waals surface area contributed by atoms with Gasteiger partial charge in [-0.25, -0.2) is 4.79 Å². The molecule has 0 amide bonds. The van der Waals surface area contributed by atoms with Crippen LogP contribution in [-0.4, -0.2) is 24.5 Å². The smallest absolute Gasteiger partial charge is 0.328 e. The monoisotopic (exact) mass is 468 g/mol. The van der Waals surface area contributed by atoms with Crippen molar-refractivity contribution in [2.24, 2.45) is 44.9 Å². The number of nitrogens with zero attached hydrogens (tertiary/aromatic N) is 1. The molecule has 0 aliphatic heterocycles. The van der Waals surface area contributed by atoms with Gasteiger partial charge in [0.2, 0.25) is 0 Å². The summed E-state index contributed by atoms with van der Waals surface area (Å²) in [5.74, 6) is 1.68. The van der Waals surface area contributed by atoms with Crippen LogP contribution >= 0.6 is 0 Å². The molecule has 5 atom stereocenters. The summed E-state index contributed by atoms with van der Waals surface area (Å²) >= 11 is 0. The third kappa shape index (κ3) is 4.23. The third-order valence-corrected chi connectivity index (χ3v) is 9.67. The van der Waals surface area contributed by atoms with Crippen LogP contribution in [0.4, 0.5) is 0 Å². The molecule has 0 saturated heterocycles. The summed E-state index contributed by atoms with van der Waals surface area (Å²) < 4.78 is 5.76. The molecule has 0 radical (unpaired) electrons. The first-order valence-electron chi connectivity index (χ1n) is 13.0. The summed E-state index contributed by atoms with van der Waals surface area (Å²) in [6, 6.07) is 3.46. The summed E-state index contributed by atoms with van der Waals surface area (Å²) in [7, 11) is 0. The zero-order valence-corrected chi connectivity index (χ0v) is 21.7. The fourth-order valence-electron chi connectivity index (χ4n) is 8.32. The van der Waals surface area contributed by atoms with Gasteiger partial charge < -0.3 is 21.9 Å². The van der Waals surface area contributed by atoms with Crippen LogP contribution in [0.5, 0.6) is 5.75 Å². The van der Waals surface area contributed by atoms with Crippen LogP contribution in [0.15, 0.2) is 17.1 Å². The quantitative estimate of drug-likeness (QED) is 0.189. The standard InChI is InChI=1S/C28H44N4O2/c1-17-14-19(34-24(33)20(29)8-6-13-32-25(30)31)15-18-16-22-27(4)11-7-10-26(2,3)21(27)9-12-28(22,5)23(17)18/h14-15,20-22H,6-13,16,29H2,1-5H3,(H4,30,31,32)/t20?,21-,22?,27?,28?/m0/s1. The molecule has 0 bridgehead atoms. The van der Waals surface area contributed by atoms with E-state index in [0.29, 0.717) is 41.9 Å². The molecule has 188 valence electrons. The highest BCUT2D eigenvalue weighted by molar-refractivity contribution is 5.78. The molecule has 34 heavy (non-hydrogen) atoms. The van der Waals surface area contributed by atoms with Gasteiger partial charge in [0.05, 0.1) is 0 Å². The number of guanidine groups is 1. The predicted molar refractivity (Wildman–Crippen MR) is 138 cm³/mol. The topological polar surface area (TPSA) is 117 Å². The highest BCUT2D eigenvalue weighted by Gasteiger charge is 2.61. The van der Waals surface area contributed by atoms with Gasteiger partial charge in [-0.3, -0.25) is 4.99 Å². The average molecular weight is 469 g/mol. The van der Waals surface area contributed by atoms with E-state index >= 15 is 0 Å². The summed E-state index contributed by atoms with van der Waals surface area (Å²) in [5, 5.41) is 0. The minimum atomic E-state index is -0.688. The molecule has 6 heteroatoms. The van der Waals surface area contributed by atoms with Crippen molar-refractivity contribution < 1.29 is 9.53 Å². The second kappa shape index (κ2) is 8.85. The fraction of sp³-hybridized carbons (Fsp3) is 0.714. The number of esters is 1. The molecular formula is C28H44N4O2. The molecule has 4 rings (SSSR count). The number of carbonyl (C=O) groups excluding carboxylic acids is 1. The van der Waals surface area contributed by atoms with E-state index in [9.17, 15) is 4.79 Å². The van der Waals surface area contributed by atoms with Gasteiger partial charge in [0, 0.05) is 6.54 Å².